The smallest absolute Gasteiger partial charge is 0.288 e. The van der Waals surface area contributed by atoms with Crippen molar-refractivity contribution in [3.63, 3.8) is 0 Å². The lowest BCUT2D eigenvalue weighted by molar-refractivity contribution is 0.0509. The van der Waals surface area contributed by atoms with E-state index in [1.54, 1.807) is 4.68 Å². The molecule has 1 atom stereocenters. The van der Waals surface area contributed by atoms with Crippen molar-refractivity contribution in [2.75, 3.05) is 13.1 Å². The van der Waals surface area contributed by atoms with Gasteiger partial charge in [-0.05, 0) is 37.2 Å². The van der Waals surface area contributed by atoms with Gasteiger partial charge in [0.05, 0.1) is 12.8 Å². The molecule has 6 heteroatoms. The minimum atomic E-state index is -0.251. The monoisotopic (exact) mass is 291 g/mol. The molecule has 0 saturated carbocycles. The molecule has 0 radical (unpaired) electrons. The van der Waals surface area contributed by atoms with E-state index in [-0.39, 0.29) is 6.10 Å². The van der Waals surface area contributed by atoms with Crippen molar-refractivity contribution in [1.29, 1.82) is 0 Å². The van der Waals surface area contributed by atoms with Crippen molar-refractivity contribution in [3.8, 4) is 11.5 Å². The van der Waals surface area contributed by atoms with Gasteiger partial charge >= 0.3 is 0 Å². The number of aliphatic hydroxyl groups excluding tert-OH is 1. The van der Waals surface area contributed by atoms with Crippen LogP contribution < -0.4 is 0 Å². The minimum Gasteiger partial charge on any atom is -0.409 e. The fourth-order valence-electron chi connectivity index (χ4n) is 2.44. The molecule has 1 fully saturated rings. The summed E-state index contributed by atoms with van der Waals surface area (Å²) in [5.41, 5.74) is 0.913. The van der Waals surface area contributed by atoms with Crippen LogP contribution in [0.2, 0.25) is 0 Å². The quantitative estimate of drug-likeness (QED) is 0.879. The third-order valence-corrected chi connectivity index (χ3v) is 3.74. The first-order valence-electron chi connectivity index (χ1n) is 6.76. The first-order chi connectivity index (χ1) is 9.72. The predicted octanol–water partition coefficient (Wildman–Crippen LogP) is 2.29. The number of aliphatic hydroxyl groups is 1. The number of likely N-dealkylation sites (tertiary alicyclic amines) is 1. The zero-order valence-electron chi connectivity index (χ0n) is 11.1. The van der Waals surface area contributed by atoms with E-state index < -0.39 is 0 Å². The Morgan fingerprint density at radius 2 is 2.15 bits per heavy atom. The van der Waals surface area contributed by atoms with Gasteiger partial charge in [0.1, 0.15) is 0 Å². The predicted molar refractivity (Wildman–Crippen MR) is 77.6 cm³/mol. The molecule has 106 valence electrons. The highest BCUT2D eigenvalue weighted by atomic mass is 32.1. The Hall–Kier alpha value is -1.50. The van der Waals surface area contributed by atoms with Gasteiger partial charge in [-0.3, -0.25) is 4.90 Å². The standard InChI is InChI=1S/C14H17N3O2S/c18-12-7-4-8-16(9-12)10-17-14(20)19-13(15-17)11-5-2-1-3-6-11/h1-3,5-6,12,18H,4,7-10H2/t12-/m0/s1. The summed E-state index contributed by atoms with van der Waals surface area (Å²) in [5.74, 6) is 0.535. The van der Waals surface area contributed by atoms with E-state index in [0.29, 0.717) is 23.9 Å². The van der Waals surface area contributed by atoms with Gasteiger partial charge in [0, 0.05) is 18.7 Å². The average molecular weight is 291 g/mol. The van der Waals surface area contributed by atoms with E-state index in [2.05, 4.69) is 10.00 Å². The molecular weight excluding hydrogens is 274 g/mol. The van der Waals surface area contributed by atoms with Crippen molar-refractivity contribution >= 4 is 12.2 Å². The molecule has 1 saturated heterocycles. The number of aromatic nitrogens is 2. The molecule has 0 aliphatic carbocycles. The van der Waals surface area contributed by atoms with Gasteiger partial charge in [-0.2, -0.15) is 0 Å². The molecule has 1 aromatic heterocycles. The molecule has 2 heterocycles. The molecule has 1 aromatic carbocycles. The zero-order valence-corrected chi connectivity index (χ0v) is 11.9. The second-order valence-electron chi connectivity index (χ2n) is 5.05. The molecule has 1 aliphatic rings. The Kier molecular flexibility index (Phi) is 3.95. The van der Waals surface area contributed by atoms with Gasteiger partial charge in [0.15, 0.2) is 0 Å². The maximum atomic E-state index is 9.69. The second-order valence-corrected chi connectivity index (χ2v) is 5.40. The van der Waals surface area contributed by atoms with Crippen LogP contribution in [0.4, 0.5) is 0 Å². The maximum Gasteiger partial charge on any atom is 0.288 e. The number of benzene rings is 1. The molecule has 1 aliphatic heterocycles. The summed E-state index contributed by atoms with van der Waals surface area (Å²) < 4.78 is 7.22. The van der Waals surface area contributed by atoms with E-state index in [4.69, 9.17) is 16.6 Å². The summed E-state index contributed by atoms with van der Waals surface area (Å²) in [4.78, 5) is 2.50. The summed E-state index contributed by atoms with van der Waals surface area (Å²) >= 11 is 5.22. The topological polar surface area (TPSA) is 54.4 Å². The normalized spacial score (nSPS) is 20.1. The van der Waals surface area contributed by atoms with Crippen LogP contribution in [0.15, 0.2) is 34.7 Å². The van der Waals surface area contributed by atoms with Crippen molar-refractivity contribution in [2.45, 2.75) is 25.6 Å². The van der Waals surface area contributed by atoms with Gasteiger partial charge in [0.25, 0.3) is 4.84 Å². The van der Waals surface area contributed by atoms with Gasteiger partial charge in [0.2, 0.25) is 5.89 Å². The van der Waals surface area contributed by atoms with Crippen molar-refractivity contribution in [1.82, 2.24) is 14.7 Å². The highest BCUT2D eigenvalue weighted by Crippen LogP contribution is 2.18. The van der Waals surface area contributed by atoms with Crippen molar-refractivity contribution in [2.24, 2.45) is 0 Å². The molecule has 1 N–H and O–H groups in total. The first kappa shape index (κ1) is 13.5. The van der Waals surface area contributed by atoms with Gasteiger partial charge in [-0.25, -0.2) is 4.68 Å². The molecule has 0 spiro atoms. The molecule has 0 unspecified atom stereocenters. The number of nitrogens with zero attached hydrogens (tertiary/aromatic N) is 3. The fourth-order valence-corrected chi connectivity index (χ4v) is 2.62. The number of β-amino-alcohol motifs (C(OH)–C–C–N with tert-alkyl or cyclic N) is 1. The summed E-state index contributed by atoms with van der Waals surface area (Å²) in [7, 11) is 0. The Morgan fingerprint density at radius 1 is 1.35 bits per heavy atom. The van der Waals surface area contributed by atoms with Crippen LogP contribution in [0, 0.1) is 4.84 Å². The molecular formula is C14H17N3O2S. The molecule has 20 heavy (non-hydrogen) atoms. The average Bonchev–Trinajstić information content (AvgIpc) is 2.81. The Bertz CT molecular complexity index is 623. The van der Waals surface area contributed by atoms with Gasteiger partial charge in [-0.15, -0.1) is 5.10 Å². The highest BCUT2D eigenvalue weighted by Gasteiger charge is 2.19. The summed E-state index contributed by atoms with van der Waals surface area (Å²) in [6.07, 6.45) is 1.62. The van der Waals surface area contributed by atoms with E-state index in [1.165, 1.54) is 0 Å². The highest BCUT2D eigenvalue weighted by molar-refractivity contribution is 7.71. The summed E-state index contributed by atoms with van der Waals surface area (Å²) in [5, 5.41) is 14.1. The Balaban J connectivity index is 1.78. The molecule has 0 bridgehead atoms. The van der Waals surface area contributed by atoms with Crippen molar-refractivity contribution < 1.29 is 9.52 Å². The molecule has 5 nitrogen and oxygen atoms in total. The van der Waals surface area contributed by atoms with E-state index in [1.807, 2.05) is 30.3 Å². The van der Waals surface area contributed by atoms with Crippen LogP contribution in [0.25, 0.3) is 11.5 Å². The van der Waals surface area contributed by atoms with Crippen LogP contribution in [0.3, 0.4) is 0 Å². The van der Waals surface area contributed by atoms with Crippen LogP contribution in [-0.2, 0) is 6.67 Å². The summed E-state index contributed by atoms with van der Waals surface area (Å²) in [6, 6.07) is 9.71. The van der Waals surface area contributed by atoms with Crippen LogP contribution in [0.5, 0.6) is 0 Å². The Labute approximate surface area is 122 Å². The number of hydrogen-bond donors (Lipinski definition) is 1. The maximum absolute atomic E-state index is 9.69. The fraction of sp³-hybridized carbons (Fsp3) is 0.429. The third kappa shape index (κ3) is 2.98. The van der Waals surface area contributed by atoms with Crippen LogP contribution in [-0.4, -0.2) is 39.0 Å². The molecule has 0 amide bonds. The lowest BCUT2D eigenvalue weighted by Crippen LogP contribution is -2.39. The number of piperidine rings is 1. The van der Waals surface area contributed by atoms with Gasteiger partial charge < -0.3 is 9.52 Å². The van der Waals surface area contributed by atoms with E-state index in [9.17, 15) is 5.11 Å². The number of rotatable bonds is 3. The van der Waals surface area contributed by atoms with E-state index in [0.717, 1.165) is 24.9 Å². The van der Waals surface area contributed by atoms with Crippen molar-refractivity contribution in [3.05, 3.63) is 35.2 Å². The van der Waals surface area contributed by atoms with Crippen LogP contribution >= 0.6 is 12.2 Å². The SMILES string of the molecule is O[C@H]1CCCN(Cn2nc(-c3ccccc3)oc2=S)C1. The van der Waals surface area contributed by atoms with Crippen LogP contribution in [0.1, 0.15) is 12.8 Å². The second kappa shape index (κ2) is 5.87. The number of hydrogen-bond acceptors (Lipinski definition) is 5. The first-order valence-corrected chi connectivity index (χ1v) is 7.17. The van der Waals surface area contributed by atoms with E-state index >= 15 is 0 Å². The lowest BCUT2D eigenvalue weighted by atomic mass is 10.1. The minimum absolute atomic E-state index is 0.251. The molecule has 3 rings (SSSR count). The molecule has 2 aromatic rings. The zero-order chi connectivity index (χ0) is 13.9. The third-order valence-electron chi connectivity index (χ3n) is 3.44. The lowest BCUT2D eigenvalue weighted by Gasteiger charge is -2.29. The summed E-state index contributed by atoms with van der Waals surface area (Å²) in [6.45, 7) is 2.17. The Morgan fingerprint density at radius 3 is 2.90 bits per heavy atom. The largest absolute Gasteiger partial charge is 0.409 e. The van der Waals surface area contributed by atoms with Gasteiger partial charge in [-0.1, -0.05) is 18.2 Å².